The van der Waals surface area contributed by atoms with Crippen molar-refractivity contribution in [1.82, 2.24) is 9.97 Å². The van der Waals surface area contributed by atoms with E-state index < -0.39 is 31.6 Å². The number of sulfonamides is 1. The van der Waals surface area contributed by atoms with Gasteiger partial charge in [-0.2, -0.15) is 31.6 Å². The number of halogens is 3. The normalized spacial score (nSPS) is 14.1. The maximum Gasteiger partial charge on any atom is 0.516 e. The van der Waals surface area contributed by atoms with E-state index in [0.29, 0.717) is 0 Å². The van der Waals surface area contributed by atoms with Crippen LogP contribution in [0.15, 0.2) is 30.3 Å². The summed E-state index contributed by atoms with van der Waals surface area (Å²) in [7, 11) is -4.71. The first kappa shape index (κ1) is 22.9. The second kappa shape index (κ2) is 8.95. The lowest BCUT2D eigenvalue weighted by Gasteiger charge is -2.20. The number of anilines is 1. The number of para-hydroxylation sites is 1. The zero-order valence-electron chi connectivity index (χ0n) is 15.6. The Hall–Kier alpha value is -2.41. The third kappa shape index (κ3) is 5.15. The average molecular weight is 453 g/mol. The summed E-state index contributed by atoms with van der Waals surface area (Å²) >= 11 is 0. The SMILES string of the molecule is CCS(=O)C(c1nc(OC)cc(OC)n1)c1ccccc1NS(=O)(=O)C(F)(F)F. The summed E-state index contributed by atoms with van der Waals surface area (Å²) in [5.41, 5.74) is -5.90. The summed E-state index contributed by atoms with van der Waals surface area (Å²) in [5.74, 6) is 0.213. The highest BCUT2D eigenvalue weighted by atomic mass is 32.2. The molecule has 2 aromatic rings. The van der Waals surface area contributed by atoms with E-state index in [2.05, 4.69) is 9.97 Å². The van der Waals surface area contributed by atoms with Crippen LogP contribution in [0, 0.1) is 0 Å². The molecule has 1 aromatic carbocycles. The second-order valence-corrected chi connectivity index (χ2v) is 8.98. The molecule has 0 saturated carbocycles. The summed E-state index contributed by atoms with van der Waals surface area (Å²) in [6.07, 6.45) is 0. The Bertz CT molecular complexity index is 977. The van der Waals surface area contributed by atoms with Gasteiger partial charge in [-0.15, -0.1) is 0 Å². The summed E-state index contributed by atoms with van der Waals surface area (Å²) < 4.78 is 86.1. The molecule has 0 aliphatic rings. The molecular weight excluding hydrogens is 435 g/mol. The van der Waals surface area contributed by atoms with Gasteiger partial charge >= 0.3 is 15.5 Å². The van der Waals surface area contributed by atoms with E-state index in [0.717, 1.165) is 6.07 Å². The number of ether oxygens (including phenoxy) is 2. The standard InChI is InChI=1S/C16H18F3N3O5S2/c1-4-28(23)14(15-20-12(26-2)9-13(21-15)27-3)10-7-5-6-8-11(10)22-29(24,25)16(17,18)19/h5-9,14,22H,4H2,1-3H3. The number of hydrogen-bond acceptors (Lipinski definition) is 7. The van der Waals surface area contributed by atoms with E-state index in [9.17, 15) is 25.8 Å². The first-order chi connectivity index (χ1) is 13.5. The molecule has 0 spiro atoms. The molecule has 0 aliphatic heterocycles. The fraction of sp³-hybridized carbons (Fsp3) is 0.375. The molecule has 0 fully saturated rings. The highest BCUT2D eigenvalue weighted by Gasteiger charge is 2.46. The van der Waals surface area contributed by atoms with E-state index >= 15 is 0 Å². The quantitative estimate of drug-likeness (QED) is 0.655. The van der Waals surface area contributed by atoms with Crippen LogP contribution in [-0.2, 0) is 20.8 Å². The summed E-state index contributed by atoms with van der Waals surface area (Å²) in [4.78, 5) is 8.25. The molecule has 2 atom stereocenters. The number of methoxy groups -OCH3 is 2. The lowest BCUT2D eigenvalue weighted by atomic mass is 10.1. The molecular formula is C16H18F3N3O5S2. The van der Waals surface area contributed by atoms with Gasteiger partial charge in [-0.25, -0.2) is 0 Å². The number of alkyl halides is 3. The van der Waals surface area contributed by atoms with Crippen LogP contribution in [0.4, 0.5) is 18.9 Å². The average Bonchev–Trinajstić information content (AvgIpc) is 2.67. The van der Waals surface area contributed by atoms with Crippen LogP contribution in [-0.4, -0.2) is 48.1 Å². The van der Waals surface area contributed by atoms with E-state index in [1.807, 2.05) is 0 Å². The van der Waals surface area contributed by atoms with Gasteiger partial charge in [0.25, 0.3) is 0 Å². The minimum atomic E-state index is -5.69. The van der Waals surface area contributed by atoms with Gasteiger partial charge < -0.3 is 9.47 Å². The number of rotatable bonds is 8. The van der Waals surface area contributed by atoms with Crippen LogP contribution in [0.25, 0.3) is 0 Å². The van der Waals surface area contributed by atoms with Crippen LogP contribution < -0.4 is 14.2 Å². The second-order valence-electron chi connectivity index (χ2n) is 5.50. The van der Waals surface area contributed by atoms with Gasteiger partial charge in [-0.05, 0) is 11.6 Å². The Labute approximate surface area is 168 Å². The fourth-order valence-electron chi connectivity index (χ4n) is 2.33. The van der Waals surface area contributed by atoms with E-state index in [1.165, 1.54) is 43.2 Å². The van der Waals surface area contributed by atoms with Crippen molar-refractivity contribution in [2.75, 3.05) is 24.7 Å². The lowest BCUT2D eigenvalue weighted by Crippen LogP contribution is -2.30. The maximum absolute atomic E-state index is 12.8. The predicted molar refractivity (Wildman–Crippen MR) is 101 cm³/mol. The van der Waals surface area contributed by atoms with Crippen molar-refractivity contribution in [2.45, 2.75) is 17.7 Å². The Balaban J connectivity index is 2.66. The van der Waals surface area contributed by atoms with Crippen molar-refractivity contribution in [3.63, 3.8) is 0 Å². The minimum absolute atomic E-state index is 0.0100. The lowest BCUT2D eigenvalue weighted by molar-refractivity contribution is -0.0429. The number of aromatic nitrogens is 2. The third-order valence-electron chi connectivity index (χ3n) is 3.69. The molecule has 160 valence electrons. The number of benzene rings is 1. The molecule has 1 N–H and O–H groups in total. The fourth-order valence-corrected chi connectivity index (χ4v) is 4.09. The van der Waals surface area contributed by atoms with E-state index in [4.69, 9.17) is 9.47 Å². The first-order valence-corrected chi connectivity index (χ1v) is 10.9. The minimum Gasteiger partial charge on any atom is -0.481 e. The van der Waals surface area contributed by atoms with Crippen molar-refractivity contribution in [3.05, 3.63) is 41.7 Å². The smallest absolute Gasteiger partial charge is 0.481 e. The number of nitrogens with zero attached hydrogens (tertiary/aromatic N) is 2. The molecule has 0 saturated heterocycles. The molecule has 0 radical (unpaired) electrons. The molecule has 0 aliphatic carbocycles. The molecule has 2 unspecified atom stereocenters. The predicted octanol–water partition coefficient (Wildman–Crippen LogP) is 2.61. The van der Waals surface area contributed by atoms with Crippen LogP contribution in [0.3, 0.4) is 0 Å². The van der Waals surface area contributed by atoms with Crippen molar-refractivity contribution in [1.29, 1.82) is 0 Å². The van der Waals surface area contributed by atoms with Crippen molar-refractivity contribution in [2.24, 2.45) is 0 Å². The Morgan fingerprint density at radius 1 is 1.14 bits per heavy atom. The molecule has 0 bridgehead atoms. The topological polar surface area (TPSA) is 107 Å². The largest absolute Gasteiger partial charge is 0.516 e. The van der Waals surface area contributed by atoms with E-state index in [-0.39, 0.29) is 34.6 Å². The van der Waals surface area contributed by atoms with Crippen LogP contribution in [0.1, 0.15) is 23.6 Å². The van der Waals surface area contributed by atoms with Gasteiger partial charge in [-0.1, -0.05) is 25.1 Å². The summed E-state index contributed by atoms with van der Waals surface area (Å²) in [6, 6.07) is 6.67. The zero-order chi connectivity index (χ0) is 21.8. The molecule has 8 nitrogen and oxygen atoms in total. The summed E-state index contributed by atoms with van der Waals surface area (Å²) in [6.45, 7) is 1.60. The van der Waals surface area contributed by atoms with Crippen molar-refractivity contribution < 1.29 is 35.3 Å². The number of hydrogen-bond donors (Lipinski definition) is 1. The van der Waals surface area contributed by atoms with Crippen LogP contribution in [0.5, 0.6) is 11.8 Å². The molecule has 1 heterocycles. The van der Waals surface area contributed by atoms with Gasteiger partial charge in [0.15, 0.2) is 5.82 Å². The highest BCUT2D eigenvalue weighted by Crippen LogP contribution is 2.35. The van der Waals surface area contributed by atoms with Gasteiger partial charge in [0, 0.05) is 16.6 Å². The van der Waals surface area contributed by atoms with E-state index in [1.54, 1.807) is 6.92 Å². The van der Waals surface area contributed by atoms with Gasteiger partial charge in [0.05, 0.1) is 26.0 Å². The monoisotopic (exact) mass is 453 g/mol. The number of nitrogens with one attached hydrogen (secondary N) is 1. The molecule has 29 heavy (non-hydrogen) atoms. The van der Waals surface area contributed by atoms with Crippen molar-refractivity contribution in [3.8, 4) is 11.8 Å². The first-order valence-electron chi connectivity index (χ1n) is 8.06. The molecule has 13 heteroatoms. The maximum atomic E-state index is 12.8. The third-order valence-corrected chi connectivity index (χ3v) is 6.35. The zero-order valence-corrected chi connectivity index (χ0v) is 17.2. The van der Waals surface area contributed by atoms with Crippen molar-refractivity contribution >= 4 is 26.5 Å². The Kier molecular flexibility index (Phi) is 7.06. The Morgan fingerprint density at radius 2 is 1.69 bits per heavy atom. The molecule has 0 amide bonds. The van der Waals surface area contributed by atoms with Gasteiger partial charge in [0.1, 0.15) is 5.25 Å². The van der Waals surface area contributed by atoms with Crippen LogP contribution in [0.2, 0.25) is 0 Å². The van der Waals surface area contributed by atoms with Gasteiger partial charge in [0.2, 0.25) is 11.8 Å². The van der Waals surface area contributed by atoms with Gasteiger partial charge in [-0.3, -0.25) is 8.93 Å². The highest BCUT2D eigenvalue weighted by molar-refractivity contribution is 7.93. The van der Waals surface area contributed by atoms with Crippen LogP contribution >= 0.6 is 0 Å². The molecule has 2 rings (SSSR count). The Morgan fingerprint density at radius 3 is 2.17 bits per heavy atom. The molecule has 1 aromatic heterocycles. The summed E-state index contributed by atoms with van der Waals surface area (Å²) in [5, 5.41) is -1.14.